The van der Waals surface area contributed by atoms with Crippen LogP contribution in [0.1, 0.15) is 24.1 Å². The number of nitrogens with zero attached hydrogens (tertiary/aromatic N) is 4. The maximum Gasteiger partial charge on any atom is 0.416 e. The molecule has 1 saturated heterocycles. The summed E-state index contributed by atoms with van der Waals surface area (Å²) in [7, 11) is 1.63. The lowest BCUT2D eigenvalue weighted by Gasteiger charge is -2.33. The average Bonchev–Trinajstić information content (AvgIpc) is 2.71. The van der Waals surface area contributed by atoms with Crippen LogP contribution in [0.2, 0.25) is 0 Å². The summed E-state index contributed by atoms with van der Waals surface area (Å²) in [6, 6.07) is 3.13. The fraction of sp³-hybridized carbons (Fsp3) is 0.421. The highest BCUT2D eigenvalue weighted by Gasteiger charge is 2.34. The summed E-state index contributed by atoms with van der Waals surface area (Å²) >= 11 is 0. The summed E-state index contributed by atoms with van der Waals surface area (Å²) in [4.78, 5) is 24.2. The van der Waals surface area contributed by atoms with Crippen molar-refractivity contribution in [3.05, 3.63) is 35.5 Å². The summed E-state index contributed by atoms with van der Waals surface area (Å²) in [6.07, 6.45) is -3.02. The van der Waals surface area contributed by atoms with Crippen molar-refractivity contribution in [2.75, 3.05) is 43.4 Å². The third-order valence-corrected chi connectivity index (χ3v) is 5.39. The van der Waals surface area contributed by atoms with Crippen molar-refractivity contribution in [1.29, 1.82) is 0 Å². The molecule has 1 fully saturated rings. The van der Waals surface area contributed by atoms with E-state index in [0.717, 1.165) is 12.1 Å². The summed E-state index contributed by atoms with van der Waals surface area (Å²) < 4.78 is 40.9. The molecule has 4 heterocycles. The van der Waals surface area contributed by atoms with Crippen LogP contribution in [0.15, 0.2) is 24.4 Å². The van der Waals surface area contributed by atoms with Crippen LogP contribution in [0, 0.1) is 0 Å². The zero-order chi connectivity index (χ0) is 20.8. The predicted molar refractivity (Wildman–Crippen MR) is 103 cm³/mol. The number of fused-ring (bicyclic) bond motifs is 1. The molecule has 2 N–H and O–H groups in total. The van der Waals surface area contributed by atoms with E-state index in [-0.39, 0.29) is 17.8 Å². The van der Waals surface area contributed by atoms with Crippen molar-refractivity contribution >= 4 is 17.7 Å². The van der Waals surface area contributed by atoms with E-state index in [1.165, 1.54) is 11.1 Å². The highest BCUT2D eigenvalue weighted by molar-refractivity contribution is 5.93. The molecule has 154 valence electrons. The van der Waals surface area contributed by atoms with Crippen LogP contribution in [0.4, 0.5) is 29.6 Å². The highest BCUT2D eigenvalue weighted by Crippen LogP contribution is 2.40. The van der Waals surface area contributed by atoms with Crippen molar-refractivity contribution in [2.24, 2.45) is 0 Å². The van der Waals surface area contributed by atoms with Gasteiger partial charge < -0.3 is 15.1 Å². The summed E-state index contributed by atoms with van der Waals surface area (Å²) in [6.45, 7) is 4.35. The number of hydrogen-bond acceptors (Lipinski definition) is 5. The van der Waals surface area contributed by atoms with E-state index >= 15 is 0 Å². The molecule has 1 atom stereocenters. The first-order valence-corrected chi connectivity index (χ1v) is 9.34. The van der Waals surface area contributed by atoms with Gasteiger partial charge in [0.25, 0.3) is 0 Å². The summed E-state index contributed by atoms with van der Waals surface area (Å²) in [5.41, 5.74) is 0.635. The number of amides is 2. The third-order valence-electron chi connectivity index (χ3n) is 5.39. The second-order valence-corrected chi connectivity index (χ2v) is 7.17. The zero-order valence-corrected chi connectivity index (χ0v) is 16.0. The fourth-order valence-corrected chi connectivity index (χ4v) is 3.65. The lowest BCUT2D eigenvalue weighted by Crippen LogP contribution is -2.44. The van der Waals surface area contributed by atoms with Crippen LogP contribution >= 0.6 is 0 Å². The van der Waals surface area contributed by atoms with Crippen molar-refractivity contribution in [3.8, 4) is 11.3 Å². The van der Waals surface area contributed by atoms with Gasteiger partial charge in [0.1, 0.15) is 11.6 Å². The zero-order valence-electron chi connectivity index (χ0n) is 16.0. The summed E-state index contributed by atoms with van der Waals surface area (Å²) in [5.74, 6) is 0.642. The van der Waals surface area contributed by atoms with Crippen molar-refractivity contribution in [2.45, 2.75) is 19.1 Å². The van der Waals surface area contributed by atoms with Gasteiger partial charge in [-0.3, -0.25) is 5.32 Å². The Bertz CT molecular complexity index is 942. The lowest BCUT2D eigenvalue weighted by molar-refractivity contribution is -0.137. The van der Waals surface area contributed by atoms with Gasteiger partial charge in [0.2, 0.25) is 0 Å². The van der Waals surface area contributed by atoms with Gasteiger partial charge in [-0.05, 0) is 25.1 Å². The van der Waals surface area contributed by atoms with Crippen molar-refractivity contribution in [1.82, 2.24) is 20.2 Å². The van der Waals surface area contributed by atoms with Gasteiger partial charge in [0.05, 0.1) is 17.3 Å². The molecule has 2 aromatic heterocycles. The number of rotatable bonds is 2. The van der Waals surface area contributed by atoms with E-state index in [0.29, 0.717) is 48.9 Å². The number of aromatic nitrogens is 2. The number of urea groups is 1. The maximum absolute atomic E-state index is 13.6. The molecule has 0 aliphatic carbocycles. The Kier molecular flexibility index (Phi) is 4.81. The second-order valence-electron chi connectivity index (χ2n) is 7.17. The van der Waals surface area contributed by atoms with E-state index in [1.54, 1.807) is 13.1 Å². The molecular weight excluding hydrogens is 385 g/mol. The molecule has 0 spiro atoms. The number of carbonyl (C=O) groups excluding carboxylic acids is 1. The first-order valence-electron chi connectivity index (χ1n) is 9.34. The van der Waals surface area contributed by atoms with Crippen LogP contribution in [-0.2, 0) is 6.18 Å². The standard InChI is InChI=1S/C19H21F3N6O/c1-11-16-13(3-4-24-17(16)26-18(29)27(11)2)14-9-12(19(20,21)22)10-15(25-14)28-7-5-23-6-8-28/h3-4,9-11,23H,5-8H2,1-2H3,(H,24,26,29). The number of pyridine rings is 2. The van der Waals surface area contributed by atoms with Crippen molar-refractivity contribution < 1.29 is 18.0 Å². The maximum atomic E-state index is 13.6. The third kappa shape index (κ3) is 3.59. The van der Waals surface area contributed by atoms with Gasteiger partial charge in [-0.15, -0.1) is 0 Å². The Morgan fingerprint density at radius 1 is 1.21 bits per heavy atom. The van der Waals surface area contributed by atoms with Gasteiger partial charge in [-0.25, -0.2) is 14.8 Å². The number of halogens is 3. The van der Waals surface area contributed by atoms with Crippen LogP contribution in [0.5, 0.6) is 0 Å². The number of anilines is 2. The lowest BCUT2D eigenvalue weighted by atomic mass is 9.96. The van der Waals surface area contributed by atoms with Crippen LogP contribution in [0.3, 0.4) is 0 Å². The van der Waals surface area contributed by atoms with Gasteiger partial charge in [-0.1, -0.05) is 0 Å². The minimum atomic E-state index is -4.50. The molecule has 1 unspecified atom stereocenters. The fourth-order valence-electron chi connectivity index (χ4n) is 3.65. The second kappa shape index (κ2) is 7.18. The number of alkyl halides is 3. The van der Waals surface area contributed by atoms with Crippen molar-refractivity contribution in [3.63, 3.8) is 0 Å². The van der Waals surface area contributed by atoms with Gasteiger partial charge in [0.15, 0.2) is 0 Å². The molecule has 2 aromatic rings. The van der Waals surface area contributed by atoms with Gasteiger partial charge in [-0.2, -0.15) is 13.2 Å². The van der Waals surface area contributed by atoms with Gasteiger partial charge in [0, 0.05) is 50.6 Å². The number of hydrogen-bond donors (Lipinski definition) is 2. The topological polar surface area (TPSA) is 73.4 Å². The predicted octanol–water partition coefficient (Wildman–Crippen LogP) is 3.11. The SMILES string of the molecule is CC1c2c(-c3cc(C(F)(F)F)cc(N4CCNCC4)n3)ccnc2NC(=O)N1C. The number of carbonyl (C=O) groups is 1. The molecule has 4 rings (SSSR count). The molecule has 7 nitrogen and oxygen atoms in total. The Morgan fingerprint density at radius 2 is 1.93 bits per heavy atom. The first kappa shape index (κ1) is 19.4. The molecule has 29 heavy (non-hydrogen) atoms. The monoisotopic (exact) mass is 406 g/mol. The molecule has 0 radical (unpaired) electrons. The first-order chi connectivity index (χ1) is 13.8. The number of piperazine rings is 1. The van der Waals surface area contributed by atoms with E-state index in [9.17, 15) is 18.0 Å². The van der Waals surface area contributed by atoms with E-state index in [2.05, 4.69) is 20.6 Å². The molecular formula is C19H21F3N6O. The van der Waals surface area contributed by atoms with E-state index in [1.807, 2.05) is 11.8 Å². The molecule has 0 aromatic carbocycles. The quantitative estimate of drug-likeness (QED) is 0.802. The van der Waals surface area contributed by atoms with Crippen LogP contribution in [0.25, 0.3) is 11.3 Å². The van der Waals surface area contributed by atoms with Crippen LogP contribution < -0.4 is 15.5 Å². The summed E-state index contributed by atoms with van der Waals surface area (Å²) in [5, 5.41) is 5.87. The Balaban J connectivity index is 1.87. The largest absolute Gasteiger partial charge is 0.416 e. The molecule has 2 aliphatic heterocycles. The van der Waals surface area contributed by atoms with Crippen LogP contribution in [-0.4, -0.2) is 54.1 Å². The Morgan fingerprint density at radius 3 is 2.62 bits per heavy atom. The average molecular weight is 406 g/mol. The molecule has 2 amide bonds. The minimum absolute atomic E-state index is 0.211. The Hall–Kier alpha value is -2.88. The van der Waals surface area contributed by atoms with E-state index in [4.69, 9.17) is 0 Å². The molecule has 0 saturated carbocycles. The Labute approximate surface area is 165 Å². The highest BCUT2D eigenvalue weighted by atomic mass is 19.4. The molecule has 10 heteroatoms. The normalized spacial score (nSPS) is 19.8. The number of nitrogens with one attached hydrogen (secondary N) is 2. The molecule has 2 aliphatic rings. The van der Waals surface area contributed by atoms with E-state index < -0.39 is 11.7 Å². The van der Waals surface area contributed by atoms with Gasteiger partial charge >= 0.3 is 12.2 Å². The minimum Gasteiger partial charge on any atom is -0.354 e. The smallest absolute Gasteiger partial charge is 0.354 e. The molecule has 0 bridgehead atoms.